The van der Waals surface area contributed by atoms with E-state index >= 15 is 0 Å². The first-order valence-corrected chi connectivity index (χ1v) is 5.63. The maximum atomic E-state index is 13.6. The van der Waals surface area contributed by atoms with E-state index in [1.165, 1.54) is 6.07 Å². The van der Waals surface area contributed by atoms with Gasteiger partial charge in [0.05, 0.1) is 5.02 Å². The Kier molecular flexibility index (Phi) is 3.00. The second kappa shape index (κ2) is 4.15. The van der Waals surface area contributed by atoms with Gasteiger partial charge in [-0.2, -0.15) is 0 Å². The molecule has 0 aliphatic heterocycles. The summed E-state index contributed by atoms with van der Waals surface area (Å²) in [5, 5.41) is 0.0582. The molecule has 0 amide bonds. The highest BCUT2D eigenvalue weighted by molar-refractivity contribution is 6.30. The zero-order valence-electron chi connectivity index (χ0n) is 8.80. The van der Waals surface area contributed by atoms with Gasteiger partial charge in [0.25, 0.3) is 0 Å². The number of hydrogen-bond acceptors (Lipinski definition) is 2. The fraction of sp³-hybridized carbons (Fsp3) is 0.417. The van der Waals surface area contributed by atoms with Crippen LogP contribution >= 0.6 is 11.6 Å². The van der Waals surface area contributed by atoms with Crippen LogP contribution in [0.4, 0.5) is 4.39 Å². The predicted octanol–water partition coefficient (Wildman–Crippen LogP) is 2.33. The van der Waals surface area contributed by atoms with Crippen molar-refractivity contribution < 1.29 is 9.18 Å². The Morgan fingerprint density at radius 2 is 2.19 bits per heavy atom. The van der Waals surface area contributed by atoms with Crippen molar-refractivity contribution in [3.63, 3.8) is 0 Å². The molecule has 1 fully saturated rings. The normalized spacial score (nSPS) is 17.2. The third-order valence-corrected chi connectivity index (χ3v) is 3.51. The van der Waals surface area contributed by atoms with E-state index in [1.54, 1.807) is 12.1 Å². The minimum atomic E-state index is -0.495. The first-order chi connectivity index (χ1) is 7.59. The molecule has 1 aliphatic carbocycles. The van der Waals surface area contributed by atoms with Crippen LogP contribution in [-0.2, 0) is 11.2 Å². The van der Waals surface area contributed by atoms with Crippen LogP contribution in [0, 0.1) is 11.2 Å². The highest BCUT2D eigenvalue weighted by atomic mass is 35.5. The number of ketones is 1. The molecule has 0 saturated heterocycles. The SMILES string of the molecule is NCC1(C(=O)Cc2cccc(Cl)c2F)CC1. The van der Waals surface area contributed by atoms with Crippen molar-refractivity contribution in [2.45, 2.75) is 19.3 Å². The summed E-state index contributed by atoms with van der Waals surface area (Å²) in [7, 11) is 0. The summed E-state index contributed by atoms with van der Waals surface area (Å²) in [4.78, 5) is 11.9. The van der Waals surface area contributed by atoms with E-state index in [0.29, 0.717) is 12.1 Å². The van der Waals surface area contributed by atoms with E-state index in [9.17, 15) is 9.18 Å². The van der Waals surface area contributed by atoms with E-state index in [1.807, 2.05) is 0 Å². The maximum absolute atomic E-state index is 13.6. The molecule has 86 valence electrons. The summed E-state index contributed by atoms with van der Waals surface area (Å²) in [6.07, 6.45) is 1.73. The Morgan fingerprint density at radius 1 is 1.50 bits per heavy atom. The minimum absolute atomic E-state index is 0.0242. The molecule has 0 aromatic heterocycles. The molecule has 0 unspecified atom stereocenters. The fourth-order valence-electron chi connectivity index (χ4n) is 1.79. The van der Waals surface area contributed by atoms with E-state index in [0.717, 1.165) is 12.8 Å². The maximum Gasteiger partial charge on any atom is 0.145 e. The Hall–Kier alpha value is -0.930. The Morgan fingerprint density at radius 3 is 2.75 bits per heavy atom. The van der Waals surface area contributed by atoms with Gasteiger partial charge in [0, 0.05) is 18.4 Å². The second-order valence-corrected chi connectivity index (χ2v) is 4.70. The molecule has 0 bridgehead atoms. The third-order valence-electron chi connectivity index (χ3n) is 3.22. The summed E-state index contributed by atoms with van der Waals surface area (Å²) in [5.41, 5.74) is 5.53. The molecule has 2 N–H and O–H groups in total. The number of Topliss-reactive ketones (excluding diaryl/α,β-unsaturated/α-hetero) is 1. The second-order valence-electron chi connectivity index (χ2n) is 4.30. The molecule has 0 atom stereocenters. The summed E-state index contributed by atoms with van der Waals surface area (Å²) >= 11 is 5.65. The van der Waals surface area contributed by atoms with Crippen LogP contribution in [0.2, 0.25) is 5.02 Å². The number of nitrogens with two attached hydrogens (primary N) is 1. The summed E-state index contributed by atoms with van der Waals surface area (Å²) in [6, 6.07) is 4.71. The lowest BCUT2D eigenvalue weighted by molar-refractivity contribution is -0.123. The summed E-state index contributed by atoms with van der Waals surface area (Å²) in [5.74, 6) is -0.471. The van der Waals surface area contributed by atoms with Crippen LogP contribution in [0.1, 0.15) is 18.4 Å². The van der Waals surface area contributed by atoms with Gasteiger partial charge < -0.3 is 5.73 Å². The zero-order valence-corrected chi connectivity index (χ0v) is 9.56. The van der Waals surface area contributed by atoms with Crippen molar-refractivity contribution in [3.05, 3.63) is 34.6 Å². The average Bonchev–Trinajstić information content (AvgIpc) is 3.05. The largest absolute Gasteiger partial charge is 0.329 e. The van der Waals surface area contributed by atoms with Gasteiger partial charge in [-0.25, -0.2) is 4.39 Å². The van der Waals surface area contributed by atoms with Crippen LogP contribution in [0.5, 0.6) is 0 Å². The molecular formula is C12H13ClFNO. The van der Waals surface area contributed by atoms with Crippen molar-refractivity contribution in [2.24, 2.45) is 11.1 Å². The first-order valence-electron chi connectivity index (χ1n) is 5.25. The van der Waals surface area contributed by atoms with Gasteiger partial charge in [0.15, 0.2) is 0 Å². The molecule has 2 nitrogen and oxygen atoms in total. The molecule has 1 aromatic carbocycles. The van der Waals surface area contributed by atoms with Gasteiger partial charge in [-0.1, -0.05) is 23.7 Å². The Balaban J connectivity index is 2.15. The zero-order chi connectivity index (χ0) is 11.8. The van der Waals surface area contributed by atoms with Crippen molar-refractivity contribution in [1.82, 2.24) is 0 Å². The molecule has 4 heteroatoms. The van der Waals surface area contributed by atoms with Crippen LogP contribution < -0.4 is 5.73 Å². The molecule has 2 rings (SSSR count). The van der Waals surface area contributed by atoms with Crippen molar-refractivity contribution in [3.8, 4) is 0 Å². The highest BCUT2D eigenvalue weighted by Gasteiger charge is 2.47. The lowest BCUT2D eigenvalue weighted by Gasteiger charge is -2.11. The molecule has 1 aliphatic rings. The topological polar surface area (TPSA) is 43.1 Å². The van der Waals surface area contributed by atoms with Crippen molar-refractivity contribution in [1.29, 1.82) is 0 Å². The van der Waals surface area contributed by atoms with Gasteiger partial charge in [-0.05, 0) is 24.5 Å². The Labute approximate surface area is 98.6 Å². The molecule has 0 radical (unpaired) electrons. The lowest BCUT2D eigenvalue weighted by atomic mass is 9.95. The smallest absolute Gasteiger partial charge is 0.145 e. The standard InChI is InChI=1S/C12H13ClFNO/c13-9-3-1-2-8(11(9)14)6-10(16)12(7-15)4-5-12/h1-3H,4-7,15H2. The number of carbonyl (C=O) groups is 1. The van der Waals surface area contributed by atoms with Crippen LogP contribution in [0.3, 0.4) is 0 Å². The predicted molar refractivity (Wildman–Crippen MR) is 60.8 cm³/mol. The van der Waals surface area contributed by atoms with E-state index in [-0.39, 0.29) is 22.6 Å². The highest BCUT2D eigenvalue weighted by Crippen LogP contribution is 2.46. The number of hydrogen-bond donors (Lipinski definition) is 1. The monoisotopic (exact) mass is 241 g/mol. The van der Waals surface area contributed by atoms with Crippen LogP contribution in [0.25, 0.3) is 0 Å². The summed E-state index contributed by atoms with van der Waals surface area (Å²) in [6.45, 7) is 0.355. The van der Waals surface area contributed by atoms with Gasteiger partial charge in [-0.15, -0.1) is 0 Å². The number of carbonyl (C=O) groups excluding carboxylic acids is 1. The molecule has 0 heterocycles. The van der Waals surface area contributed by atoms with Crippen LogP contribution in [-0.4, -0.2) is 12.3 Å². The molecule has 16 heavy (non-hydrogen) atoms. The lowest BCUT2D eigenvalue weighted by Crippen LogP contribution is -2.27. The van der Waals surface area contributed by atoms with Gasteiger partial charge >= 0.3 is 0 Å². The number of rotatable bonds is 4. The van der Waals surface area contributed by atoms with Crippen molar-refractivity contribution >= 4 is 17.4 Å². The average molecular weight is 242 g/mol. The molecule has 1 aromatic rings. The Bertz CT molecular complexity index is 429. The van der Waals surface area contributed by atoms with Gasteiger partial charge in [0.1, 0.15) is 11.6 Å². The quantitative estimate of drug-likeness (QED) is 0.879. The van der Waals surface area contributed by atoms with E-state index < -0.39 is 5.82 Å². The summed E-state index contributed by atoms with van der Waals surface area (Å²) < 4.78 is 13.6. The van der Waals surface area contributed by atoms with E-state index in [4.69, 9.17) is 17.3 Å². The minimum Gasteiger partial charge on any atom is -0.329 e. The third kappa shape index (κ3) is 1.97. The first kappa shape index (κ1) is 11.6. The molecular weight excluding hydrogens is 229 g/mol. The van der Waals surface area contributed by atoms with E-state index in [2.05, 4.69) is 0 Å². The van der Waals surface area contributed by atoms with Gasteiger partial charge in [-0.3, -0.25) is 4.79 Å². The molecule has 0 spiro atoms. The fourth-order valence-corrected chi connectivity index (χ4v) is 1.99. The van der Waals surface area contributed by atoms with Crippen molar-refractivity contribution in [2.75, 3.05) is 6.54 Å². The number of benzene rings is 1. The van der Waals surface area contributed by atoms with Gasteiger partial charge in [0.2, 0.25) is 0 Å². The molecule has 1 saturated carbocycles. The van der Waals surface area contributed by atoms with Crippen LogP contribution in [0.15, 0.2) is 18.2 Å². The number of halogens is 2.